The van der Waals surface area contributed by atoms with E-state index in [1.165, 1.54) is 29.6 Å². The number of nitrogens with zero attached hydrogens (tertiary/aromatic N) is 5. The molecule has 0 bridgehead atoms. The Morgan fingerprint density at radius 2 is 1.83 bits per heavy atom. The van der Waals surface area contributed by atoms with E-state index in [1.807, 2.05) is 17.0 Å². The maximum absolute atomic E-state index is 12.4. The molecule has 5 rings (SSSR count). The molecule has 1 atom stereocenters. The maximum Gasteiger partial charge on any atom is 0.573 e. The van der Waals surface area contributed by atoms with Crippen molar-refractivity contribution < 1.29 is 17.9 Å². The third-order valence-corrected chi connectivity index (χ3v) is 7.20. The molecule has 1 fully saturated rings. The van der Waals surface area contributed by atoms with E-state index in [1.54, 1.807) is 12.1 Å². The minimum Gasteiger partial charge on any atom is -0.406 e. The number of nitrogens with one attached hydrogen (secondary N) is 1. The normalized spacial score (nSPS) is 18.8. The smallest absolute Gasteiger partial charge is 0.406 e. The molecule has 36 heavy (non-hydrogen) atoms. The SMILES string of the molecule is Cc1nc(C2NC(c3ccc(OC(F)(F)F)cc3)=CS2)nn1Cc1cccc(N2CCN(C)CC2)c1. The van der Waals surface area contributed by atoms with Gasteiger partial charge < -0.3 is 19.9 Å². The minimum absolute atomic E-state index is 0.178. The van der Waals surface area contributed by atoms with E-state index >= 15 is 0 Å². The molecule has 3 heterocycles. The zero-order valence-corrected chi connectivity index (χ0v) is 20.8. The zero-order chi connectivity index (χ0) is 25.3. The molecule has 0 aliphatic carbocycles. The van der Waals surface area contributed by atoms with Gasteiger partial charge in [-0.3, -0.25) is 0 Å². The minimum atomic E-state index is -4.71. The molecule has 1 aromatic heterocycles. The van der Waals surface area contributed by atoms with E-state index in [4.69, 9.17) is 5.10 Å². The number of piperazine rings is 1. The Balaban J connectivity index is 1.23. The van der Waals surface area contributed by atoms with Crippen molar-refractivity contribution in [1.29, 1.82) is 0 Å². The van der Waals surface area contributed by atoms with E-state index in [2.05, 4.69) is 56.2 Å². The van der Waals surface area contributed by atoms with Crippen LogP contribution in [0.2, 0.25) is 0 Å². The van der Waals surface area contributed by atoms with Crippen molar-refractivity contribution >= 4 is 23.1 Å². The number of rotatable bonds is 6. The Hall–Kier alpha value is -3.18. The van der Waals surface area contributed by atoms with Crippen LogP contribution in [0.3, 0.4) is 0 Å². The lowest BCUT2D eigenvalue weighted by Crippen LogP contribution is -2.44. The van der Waals surface area contributed by atoms with Gasteiger partial charge in [0.25, 0.3) is 0 Å². The number of alkyl halides is 3. The third-order valence-electron chi connectivity index (χ3n) is 6.23. The first-order valence-corrected chi connectivity index (χ1v) is 12.6. The summed E-state index contributed by atoms with van der Waals surface area (Å²) in [5.74, 6) is 1.23. The first-order valence-electron chi connectivity index (χ1n) is 11.7. The van der Waals surface area contributed by atoms with Gasteiger partial charge in [0.1, 0.15) is 16.9 Å². The highest BCUT2D eigenvalue weighted by Crippen LogP contribution is 2.37. The highest BCUT2D eigenvalue weighted by molar-refractivity contribution is 8.02. The molecule has 0 amide bonds. The number of benzene rings is 2. The Bertz CT molecular complexity index is 1240. The Morgan fingerprint density at radius 3 is 2.56 bits per heavy atom. The van der Waals surface area contributed by atoms with Crippen molar-refractivity contribution in [1.82, 2.24) is 25.0 Å². The monoisotopic (exact) mass is 516 g/mol. The number of halogens is 3. The van der Waals surface area contributed by atoms with Crippen LogP contribution >= 0.6 is 11.8 Å². The summed E-state index contributed by atoms with van der Waals surface area (Å²) in [5.41, 5.74) is 3.96. The number of aromatic nitrogens is 3. The van der Waals surface area contributed by atoms with Crippen molar-refractivity contribution in [2.45, 2.75) is 25.2 Å². The van der Waals surface area contributed by atoms with Crippen molar-refractivity contribution in [2.75, 3.05) is 38.1 Å². The number of aryl methyl sites for hydroxylation is 1. The summed E-state index contributed by atoms with van der Waals surface area (Å²) in [6, 6.07) is 14.4. The molecule has 1 saturated heterocycles. The fourth-order valence-corrected chi connectivity index (χ4v) is 5.14. The predicted molar refractivity (Wildman–Crippen MR) is 135 cm³/mol. The Labute approximate surface area is 211 Å². The molecule has 2 aliphatic heterocycles. The molecule has 11 heteroatoms. The molecule has 1 N–H and O–H groups in total. The summed E-state index contributed by atoms with van der Waals surface area (Å²) in [6.45, 7) is 6.72. The van der Waals surface area contributed by atoms with Gasteiger partial charge in [0.2, 0.25) is 0 Å². The van der Waals surface area contributed by atoms with Gasteiger partial charge in [-0.25, -0.2) is 9.67 Å². The van der Waals surface area contributed by atoms with Gasteiger partial charge in [0, 0.05) is 37.6 Å². The molecule has 0 radical (unpaired) electrons. The van der Waals surface area contributed by atoms with Crippen LogP contribution in [0.1, 0.15) is 28.1 Å². The summed E-state index contributed by atoms with van der Waals surface area (Å²) in [6.07, 6.45) is -4.71. The number of ether oxygens (including phenoxy) is 1. The lowest BCUT2D eigenvalue weighted by atomic mass is 10.1. The number of anilines is 1. The average molecular weight is 517 g/mol. The standard InChI is InChI=1S/C25H27F3N6OS/c1-17-29-23(24-30-22(16-36-24)19-6-8-21(9-7-19)35-25(26,27)28)31-34(17)15-18-4-3-5-20(14-18)33-12-10-32(2)11-13-33/h3-9,14,16,24,30H,10-13,15H2,1-2H3. The van der Waals surface area contributed by atoms with Crippen molar-refractivity contribution in [3.8, 4) is 5.75 Å². The highest BCUT2D eigenvalue weighted by atomic mass is 32.2. The quantitative estimate of drug-likeness (QED) is 0.513. The van der Waals surface area contributed by atoms with E-state index in [-0.39, 0.29) is 11.1 Å². The fourth-order valence-electron chi connectivity index (χ4n) is 4.25. The summed E-state index contributed by atoms with van der Waals surface area (Å²) in [5, 5.41) is 9.86. The van der Waals surface area contributed by atoms with Crippen LogP contribution in [0, 0.1) is 6.92 Å². The molecule has 2 aromatic carbocycles. The zero-order valence-electron chi connectivity index (χ0n) is 20.0. The van der Waals surface area contributed by atoms with Crippen molar-refractivity contribution in [3.05, 3.63) is 76.7 Å². The second-order valence-corrected chi connectivity index (χ2v) is 9.88. The molecule has 190 valence electrons. The van der Waals surface area contributed by atoms with Gasteiger partial charge in [0.05, 0.1) is 6.54 Å². The molecule has 0 saturated carbocycles. The van der Waals surface area contributed by atoms with Crippen LogP contribution in [0.4, 0.5) is 18.9 Å². The number of hydrogen-bond donors (Lipinski definition) is 1. The van der Waals surface area contributed by atoms with Gasteiger partial charge in [-0.1, -0.05) is 23.9 Å². The van der Waals surface area contributed by atoms with Crippen LogP contribution in [0.25, 0.3) is 5.70 Å². The van der Waals surface area contributed by atoms with Gasteiger partial charge >= 0.3 is 6.36 Å². The van der Waals surface area contributed by atoms with E-state index in [9.17, 15) is 13.2 Å². The van der Waals surface area contributed by atoms with Crippen molar-refractivity contribution in [3.63, 3.8) is 0 Å². The third kappa shape index (κ3) is 5.79. The molecule has 0 spiro atoms. The number of thioether (sulfide) groups is 1. The van der Waals surface area contributed by atoms with E-state index < -0.39 is 6.36 Å². The van der Waals surface area contributed by atoms with E-state index in [0.717, 1.165) is 48.8 Å². The second-order valence-electron chi connectivity index (χ2n) is 8.90. The van der Waals surface area contributed by atoms with Crippen molar-refractivity contribution in [2.24, 2.45) is 0 Å². The topological polar surface area (TPSA) is 58.5 Å². The molecular weight excluding hydrogens is 489 g/mol. The number of hydrogen-bond acceptors (Lipinski definition) is 7. The summed E-state index contributed by atoms with van der Waals surface area (Å²) in [7, 11) is 2.15. The molecular formula is C25H27F3N6OS. The largest absolute Gasteiger partial charge is 0.573 e. The summed E-state index contributed by atoms with van der Waals surface area (Å²) in [4.78, 5) is 9.42. The molecule has 3 aromatic rings. The van der Waals surface area contributed by atoms with Crippen LogP contribution in [-0.4, -0.2) is 59.3 Å². The first kappa shape index (κ1) is 24.5. The number of likely N-dealkylation sites (N-methyl/N-ethyl adjacent to an activating group) is 1. The summed E-state index contributed by atoms with van der Waals surface area (Å²) < 4.78 is 43.1. The van der Waals surface area contributed by atoms with Gasteiger partial charge in [-0.05, 0) is 66.9 Å². The van der Waals surface area contributed by atoms with E-state index in [0.29, 0.717) is 12.4 Å². The summed E-state index contributed by atoms with van der Waals surface area (Å²) >= 11 is 1.53. The van der Waals surface area contributed by atoms with Gasteiger partial charge in [-0.15, -0.1) is 13.2 Å². The highest BCUT2D eigenvalue weighted by Gasteiger charge is 2.31. The molecule has 1 unspecified atom stereocenters. The maximum atomic E-state index is 12.4. The molecule has 7 nitrogen and oxygen atoms in total. The Kier molecular flexibility index (Phi) is 6.85. The van der Waals surface area contributed by atoms with Crippen LogP contribution in [0.15, 0.2) is 53.9 Å². The first-order chi connectivity index (χ1) is 17.2. The van der Waals surface area contributed by atoms with Crippen LogP contribution in [-0.2, 0) is 6.54 Å². The fraction of sp³-hybridized carbons (Fsp3) is 0.360. The predicted octanol–water partition coefficient (Wildman–Crippen LogP) is 4.62. The van der Waals surface area contributed by atoms with Gasteiger partial charge in [-0.2, -0.15) is 5.10 Å². The van der Waals surface area contributed by atoms with Crippen LogP contribution < -0.4 is 15.0 Å². The Morgan fingerprint density at radius 1 is 1.08 bits per heavy atom. The lowest BCUT2D eigenvalue weighted by molar-refractivity contribution is -0.274. The van der Waals surface area contributed by atoms with Gasteiger partial charge in [0.15, 0.2) is 5.82 Å². The average Bonchev–Trinajstić information content (AvgIpc) is 3.47. The molecule has 2 aliphatic rings. The van der Waals surface area contributed by atoms with Crippen LogP contribution in [0.5, 0.6) is 5.75 Å². The lowest BCUT2D eigenvalue weighted by Gasteiger charge is -2.34. The second kappa shape index (κ2) is 10.1.